The van der Waals surface area contributed by atoms with Crippen molar-refractivity contribution < 1.29 is 55.8 Å². The van der Waals surface area contributed by atoms with Crippen molar-refractivity contribution in [3.63, 3.8) is 0 Å². The maximum atomic E-state index is 13.2. The molecule has 0 spiro atoms. The number of aromatic nitrogens is 8. The van der Waals surface area contributed by atoms with Gasteiger partial charge in [0, 0.05) is 40.2 Å². The predicted octanol–water partition coefficient (Wildman–Crippen LogP) is 18.7. The number of hydrogen-bond donors (Lipinski definition) is 2. The minimum Gasteiger partial charge on any atom is -0.494 e. The highest BCUT2D eigenvalue weighted by molar-refractivity contribution is 6.63. The number of aryl methyl sites for hydroxylation is 5. The zero-order valence-electron chi connectivity index (χ0n) is 60.2. The van der Waals surface area contributed by atoms with Crippen LogP contribution >= 0.6 is 0 Å². The number of benzene rings is 3. The molecule has 2 N–H and O–H groups in total. The van der Waals surface area contributed by atoms with Gasteiger partial charge in [-0.1, -0.05) is 128 Å². The minimum atomic E-state index is -4.53. The highest BCUT2D eigenvalue weighted by atomic mass is 19.4. The van der Waals surface area contributed by atoms with Crippen molar-refractivity contribution >= 4 is 24.7 Å². The fourth-order valence-electron chi connectivity index (χ4n) is 11.2. The molecule has 0 saturated carbocycles. The molecule has 10 rings (SSSR count). The van der Waals surface area contributed by atoms with Gasteiger partial charge < -0.3 is 28.3 Å². The van der Waals surface area contributed by atoms with Crippen molar-refractivity contribution in [2.75, 3.05) is 26.4 Å². The van der Waals surface area contributed by atoms with Gasteiger partial charge in [0.15, 0.2) is 0 Å². The number of hydrogen-bond acceptors (Lipinski definition) is 15. The minimum absolute atomic E-state index is 0.100. The Morgan fingerprint density at radius 2 is 1.02 bits per heavy atom. The van der Waals surface area contributed by atoms with Gasteiger partial charge >= 0.3 is 25.4 Å². The first-order valence-corrected chi connectivity index (χ1v) is 34.8. The van der Waals surface area contributed by atoms with Gasteiger partial charge in [-0.3, -0.25) is 20.2 Å². The zero-order chi connectivity index (χ0) is 72.4. The number of pyridine rings is 4. The van der Waals surface area contributed by atoms with Crippen LogP contribution in [0.1, 0.15) is 183 Å². The van der Waals surface area contributed by atoms with Crippen LogP contribution in [0.2, 0.25) is 0 Å². The second-order valence-corrected chi connectivity index (χ2v) is 25.7. The molecule has 0 atom stereocenters. The van der Waals surface area contributed by atoms with Gasteiger partial charge in [0.25, 0.3) is 0 Å². The number of H-pyrrole nitrogens is 2. The van der Waals surface area contributed by atoms with E-state index in [9.17, 15) is 18.0 Å². The van der Waals surface area contributed by atoms with E-state index in [-0.39, 0.29) is 30.2 Å². The van der Waals surface area contributed by atoms with E-state index in [4.69, 9.17) is 47.8 Å². The van der Waals surface area contributed by atoms with E-state index < -0.39 is 17.8 Å². The van der Waals surface area contributed by atoms with Crippen molar-refractivity contribution in [1.29, 1.82) is 0 Å². The summed E-state index contributed by atoms with van der Waals surface area (Å²) in [6.45, 7) is 29.1. The summed E-state index contributed by atoms with van der Waals surface area (Å²) >= 11 is 0. The van der Waals surface area contributed by atoms with Crippen LogP contribution < -0.4 is 19.7 Å². The monoisotopic (exact) mass is 1370 g/mol. The van der Waals surface area contributed by atoms with Crippen LogP contribution in [-0.4, -0.2) is 97.2 Å². The van der Waals surface area contributed by atoms with Gasteiger partial charge in [0.05, 0.1) is 77.4 Å². The first kappa shape index (κ1) is 78.0. The Hall–Kier alpha value is -9.30. The summed E-state index contributed by atoms with van der Waals surface area (Å²) in [5, 5.41) is 13.1. The number of esters is 1. The molecule has 0 bridgehead atoms. The summed E-state index contributed by atoms with van der Waals surface area (Å²) in [7, 11) is -0.369. The zero-order valence-corrected chi connectivity index (χ0v) is 60.2. The molecule has 7 heterocycles. The highest BCUT2D eigenvalue weighted by Gasteiger charge is 2.53. The maximum absolute atomic E-state index is 13.2. The van der Waals surface area contributed by atoms with Crippen LogP contribution in [0.4, 0.5) is 13.2 Å². The summed E-state index contributed by atoms with van der Waals surface area (Å²) in [6.07, 6.45) is 14.0. The molecule has 1 saturated heterocycles. The summed E-state index contributed by atoms with van der Waals surface area (Å²) < 4.78 is 75.7. The molecule has 530 valence electrons. The number of carbonyl (C=O) groups excluding carboxylic acids is 3. The Bertz CT molecular complexity index is 4090. The van der Waals surface area contributed by atoms with Crippen LogP contribution in [0.3, 0.4) is 0 Å². The Morgan fingerprint density at radius 3 is 1.50 bits per heavy atom. The second-order valence-electron chi connectivity index (χ2n) is 25.7. The van der Waals surface area contributed by atoms with Gasteiger partial charge in [-0.2, -0.15) is 33.0 Å². The van der Waals surface area contributed by atoms with Crippen LogP contribution in [0.15, 0.2) is 128 Å². The SMILES string of the molecule is CCCCCCOc1cccc(C)c1-c1cc(-c2cc(C)[nH]n2)nc(-c2cc(C(F)(F)F)[nH]n2)c1.CCCCCCOc1cccc(C)c1-c1ccc(-c2cc(C(=O)OCC)cc(-c3cc(CC)ccn3)n2)nc1.CCCCCCOc1cccc(C)c1B1OC(C)(C)C(C)(C)O1.O=C=O. The standard InChI is InChI=1S/C33H37N3O3.C26H28F3N5O.C19H31BO3.CO2/c1-5-8-9-10-18-39-31-13-11-12-23(4)32(31)25-14-15-27(35-22-25)29-20-26(33(37)38-7-3)21-30(36-29)28-19-24(6-2)16-17-34-28;1-4-5-6-7-11-35-23-10-8-9-16(2)25(23)18-13-19(21-12-17(3)31-32-21)30-20(14-18)22-15-24(34-33-22)26(27,28)29;1-7-8-9-10-14-21-16-13-11-12-15(2)17(16)20-22-18(3,4)19(5,6)23-20;2-1-3/h11-17,19-22H,5-10,18H2,1-4H3;8-10,12-15H,4-7,11H2,1-3H3,(H,31,32)(H,33,34);11-13H,7-10,14H2,1-6H3;. The summed E-state index contributed by atoms with van der Waals surface area (Å²) in [6, 6.07) is 35.9. The molecule has 1 aliphatic heterocycles. The van der Waals surface area contributed by atoms with Gasteiger partial charge in [-0.25, -0.2) is 14.8 Å². The molecule has 1 aliphatic rings. The quantitative estimate of drug-likeness (QED) is 0.0265. The number of alkyl halides is 3. The van der Waals surface area contributed by atoms with Crippen molar-refractivity contribution in [3.05, 3.63) is 167 Å². The lowest BCUT2D eigenvalue weighted by molar-refractivity contribution is -0.191. The molecule has 1 fully saturated rings. The average molecular weight is 1370 g/mol. The fraction of sp³-hybridized carbons (Fsp3) is 0.418. The third kappa shape index (κ3) is 21.6. The number of carbonyl (C=O) groups is 1. The van der Waals surface area contributed by atoms with Crippen molar-refractivity contribution in [1.82, 2.24) is 40.3 Å². The summed E-state index contributed by atoms with van der Waals surface area (Å²) in [4.78, 5) is 47.6. The Labute approximate surface area is 587 Å². The van der Waals surface area contributed by atoms with E-state index in [2.05, 4.69) is 112 Å². The molecule has 6 aromatic heterocycles. The number of unbranched alkanes of at least 4 members (excludes halogenated alkanes) is 9. The largest absolute Gasteiger partial charge is 0.498 e. The maximum Gasteiger partial charge on any atom is 0.498 e. The lowest BCUT2D eigenvalue weighted by Crippen LogP contribution is -2.41. The Morgan fingerprint density at radius 1 is 0.530 bits per heavy atom. The van der Waals surface area contributed by atoms with Gasteiger partial charge in [0.2, 0.25) is 0 Å². The van der Waals surface area contributed by atoms with Crippen LogP contribution in [0, 0.1) is 27.7 Å². The first-order chi connectivity index (χ1) is 48.0. The topological polar surface area (TPSA) is 216 Å². The highest BCUT2D eigenvalue weighted by Crippen LogP contribution is 2.41. The number of aromatic amines is 2. The molecule has 9 aromatic rings. The smallest absolute Gasteiger partial charge is 0.494 e. The molecular weight excluding hydrogens is 1270 g/mol. The van der Waals surface area contributed by atoms with Crippen molar-refractivity contribution in [2.45, 2.75) is 191 Å². The molecule has 21 heteroatoms. The summed E-state index contributed by atoms with van der Waals surface area (Å²) in [5.41, 5.74) is 12.8. The molecule has 0 unspecified atom stereocenters. The molecule has 17 nitrogen and oxygen atoms in total. The molecular formula is C79H96BF3N8O9. The predicted molar refractivity (Wildman–Crippen MR) is 386 cm³/mol. The van der Waals surface area contributed by atoms with Gasteiger partial charge in [0.1, 0.15) is 34.3 Å². The fourth-order valence-corrected chi connectivity index (χ4v) is 11.2. The Kier molecular flexibility index (Phi) is 29.5. The van der Waals surface area contributed by atoms with E-state index in [0.29, 0.717) is 65.2 Å². The van der Waals surface area contributed by atoms with E-state index >= 15 is 0 Å². The number of rotatable bonds is 28. The first-order valence-electron chi connectivity index (χ1n) is 34.8. The van der Waals surface area contributed by atoms with E-state index in [1.54, 1.807) is 31.3 Å². The average Bonchev–Trinajstić information content (AvgIpc) is 1.56. The van der Waals surface area contributed by atoms with Gasteiger partial charge in [-0.15, -0.1) is 0 Å². The normalized spacial score (nSPS) is 12.8. The van der Waals surface area contributed by atoms with E-state index in [0.717, 1.165) is 131 Å². The van der Waals surface area contributed by atoms with Crippen LogP contribution in [-0.2, 0) is 36.2 Å². The number of nitrogens with one attached hydrogen (secondary N) is 2. The molecule has 3 aromatic carbocycles. The third-order valence-corrected chi connectivity index (χ3v) is 17.4. The second kappa shape index (κ2) is 37.8. The molecule has 100 heavy (non-hydrogen) atoms. The van der Waals surface area contributed by atoms with E-state index in [1.165, 1.54) is 38.5 Å². The van der Waals surface area contributed by atoms with Crippen LogP contribution in [0.5, 0.6) is 17.2 Å². The molecule has 0 amide bonds. The third-order valence-electron chi connectivity index (χ3n) is 17.4. The molecule has 0 radical (unpaired) electrons. The van der Waals surface area contributed by atoms with Crippen LogP contribution in [0.25, 0.3) is 67.8 Å². The van der Waals surface area contributed by atoms with Gasteiger partial charge in [-0.05, 0) is 189 Å². The number of nitrogens with zero attached hydrogens (tertiary/aromatic N) is 6. The van der Waals surface area contributed by atoms with Crippen molar-refractivity contribution in [2.24, 2.45) is 0 Å². The lowest BCUT2D eigenvalue weighted by Gasteiger charge is -2.32. The van der Waals surface area contributed by atoms with E-state index in [1.807, 2.05) is 98.9 Å². The number of halogens is 3. The molecule has 0 aliphatic carbocycles. The van der Waals surface area contributed by atoms with Crippen molar-refractivity contribution in [3.8, 4) is 85.1 Å². The Balaban J connectivity index is 0.000000213. The lowest BCUT2D eigenvalue weighted by atomic mass is 9.75. The summed E-state index contributed by atoms with van der Waals surface area (Å²) in [5.74, 6) is 2.08. The number of ether oxygens (including phenoxy) is 4.